The number of nitrogens with one attached hydrogen (secondary N) is 2. The van der Waals surface area contributed by atoms with E-state index in [4.69, 9.17) is 4.74 Å². The first-order valence-electron chi connectivity index (χ1n) is 10.2. The van der Waals surface area contributed by atoms with E-state index in [1.165, 1.54) is 29.8 Å². The Kier molecular flexibility index (Phi) is 8.64. The largest absolute Gasteiger partial charge is 0.508 e. The molecule has 0 saturated heterocycles. The Hall–Kier alpha value is -2.91. The number of aliphatic hydroxyl groups is 1. The van der Waals surface area contributed by atoms with E-state index in [1.54, 1.807) is 12.2 Å². The summed E-state index contributed by atoms with van der Waals surface area (Å²) in [7, 11) is 1.27. The van der Waals surface area contributed by atoms with Crippen molar-refractivity contribution in [1.82, 2.24) is 10.6 Å². The van der Waals surface area contributed by atoms with Gasteiger partial charge in [0.2, 0.25) is 11.8 Å². The van der Waals surface area contributed by atoms with Crippen LogP contribution in [0, 0.1) is 5.92 Å². The maximum atomic E-state index is 13.1. The van der Waals surface area contributed by atoms with Gasteiger partial charge in [0, 0.05) is 16.2 Å². The van der Waals surface area contributed by atoms with E-state index in [2.05, 4.69) is 10.6 Å². The zero-order chi connectivity index (χ0) is 22.9. The molecule has 2 aromatic rings. The molecule has 0 radical (unpaired) electrons. The van der Waals surface area contributed by atoms with Crippen LogP contribution in [0.25, 0.3) is 0 Å². The molecule has 2 aromatic heterocycles. The number of esters is 1. The summed E-state index contributed by atoms with van der Waals surface area (Å²) in [4.78, 5) is 39.9. The number of allylic oxidation sites excluding steroid dienone is 3. The van der Waals surface area contributed by atoms with Crippen LogP contribution in [0.3, 0.4) is 0 Å². The minimum atomic E-state index is -0.865. The van der Waals surface area contributed by atoms with Crippen molar-refractivity contribution in [2.24, 2.45) is 5.92 Å². The maximum absolute atomic E-state index is 13.1. The Labute approximate surface area is 194 Å². The Morgan fingerprint density at radius 1 is 1.12 bits per heavy atom. The van der Waals surface area contributed by atoms with Gasteiger partial charge in [-0.05, 0) is 53.8 Å². The molecule has 0 spiro atoms. The van der Waals surface area contributed by atoms with Gasteiger partial charge in [-0.3, -0.25) is 9.59 Å². The number of carbonyl (C=O) groups is 3. The van der Waals surface area contributed by atoms with Crippen molar-refractivity contribution < 1.29 is 24.2 Å². The van der Waals surface area contributed by atoms with Crippen molar-refractivity contribution in [3.8, 4) is 0 Å². The van der Waals surface area contributed by atoms with E-state index in [0.29, 0.717) is 19.3 Å². The third-order valence-corrected chi connectivity index (χ3v) is 6.84. The number of hydrogen-bond donors (Lipinski definition) is 3. The second-order valence-electron chi connectivity index (χ2n) is 7.46. The first kappa shape index (κ1) is 23.7. The molecule has 0 aliphatic heterocycles. The maximum Gasteiger partial charge on any atom is 0.328 e. The molecule has 3 atom stereocenters. The molecule has 0 aromatic carbocycles. The SMILES string of the molecule is COC(=O)[C@H](CC1C=CC(O)=CC1)NC(=O)[C@H](Cc1cccs1)NC(=O)Cc1cccs1. The summed E-state index contributed by atoms with van der Waals surface area (Å²) >= 11 is 2.98. The summed E-state index contributed by atoms with van der Waals surface area (Å²) in [5.41, 5.74) is 0. The molecule has 0 bridgehead atoms. The molecule has 170 valence electrons. The van der Waals surface area contributed by atoms with Crippen molar-refractivity contribution in [3.05, 3.63) is 68.8 Å². The minimum Gasteiger partial charge on any atom is -0.508 e. The molecular formula is C23H26N2O5S2. The number of thiophene rings is 2. The molecule has 3 rings (SSSR count). The Bertz CT molecular complexity index is 967. The Morgan fingerprint density at radius 2 is 1.84 bits per heavy atom. The van der Waals surface area contributed by atoms with Crippen molar-refractivity contribution in [2.75, 3.05) is 7.11 Å². The highest BCUT2D eigenvalue weighted by Crippen LogP contribution is 2.21. The monoisotopic (exact) mass is 474 g/mol. The number of ether oxygens (including phenoxy) is 1. The number of methoxy groups -OCH3 is 1. The standard InChI is InChI=1S/C23H26N2O5S2/c1-30-23(29)20(12-15-6-8-16(26)9-7-15)25-22(28)19(13-17-4-2-10-31-17)24-21(27)14-18-5-3-11-32-18/h2-6,8-11,15,19-20,26H,7,12-14H2,1H3,(H,24,27)(H,25,28)/t15?,19-,20-/m0/s1. The van der Waals surface area contributed by atoms with E-state index in [9.17, 15) is 19.5 Å². The van der Waals surface area contributed by atoms with Gasteiger partial charge in [0.25, 0.3) is 0 Å². The molecule has 0 fully saturated rings. The molecule has 7 nitrogen and oxygen atoms in total. The molecule has 0 saturated carbocycles. The van der Waals surface area contributed by atoms with Gasteiger partial charge in [0.1, 0.15) is 17.8 Å². The van der Waals surface area contributed by atoms with Crippen molar-refractivity contribution in [3.63, 3.8) is 0 Å². The van der Waals surface area contributed by atoms with Gasteiger partial charge in [-0.1, -0.05) is 18.2 Å². The van der Waals surface area contributed by atoms with Crippen LogP contribution in [0.15, 0.2) is 59.0 Å². The lowest BCUT2D eigenvalue weighted by Crippen LogP contribution is -2.53. The van der Waals surface area contributed by atoms with Gasteiger partial charge in [-0.25, -0.2) is 4.79 Å². The van der Waals surface area contributed by atoms with Gasteiger partial charge in [-0.2, -0.15) is 0 Å². The lowest BCUT2D eigenvalue weighted by molar-refractivity contribution is -0.145. The fourth-order valence-corrected chi connectivity index (χ4v) is 4.87. The summed E-state index contributed by atoms with van der Waals surface area (Å²) < 4.78 is 4.89. The van der Waals surface area contributed by atoms with E-state index < -0.39 is 24.0 Å². The van der Waals surface area contributed by atoms with E-state index in [-0.39, 0.29) is 24.0 Å². The summed E-state index contributed by atoms with van der Waals surface area (Å²) in [6.07, 6.45) is 6.46. The fourth-order valence-electron chi connectivity index (χ4n) is 3.42. The lowest BCUT2D eigenvalue weighted by Gasteiger charge is -2.24. The lowest BCUT2D eigenvalue weighted by atomic mass is 9.92. The van der Waals surface area contributed by atoms with Crippen LogP contribution < -0.4 is 10.6 Å². The average Bonchev–Trinajstić information content (AvgIpc) is 3.48. The molecule has 1 aliphatic rings. The van der Waals surface area contributed by atoms with Crippen LogP contribution in [0.4, 0.5) is 0 Å². The van der Waals surface area contributed by atoms with Gasteiger partial charge in [0.15, 0.2) is 0 Å². The zero-order valence-corrected chi connectivity index (χ0v) is 19.3. The van der Waals surface area contributed by atoms with Crippen LogP contribution in [0.2, 0.25) is 0 Å². The molecular weight excluding hydrogens is 448 g/mol. The van der Waals surface area contributed by atoms with E-state index in [0.717, 1.165) is 9.75 Å². The third-order valence-electron chi connectivity index (χ3n) is 5.06. The number of hydrogen-bond acceptors (Lipinski definition) is 7. The minimum absolute atomic E-state index is 0.0283. The fraction of sp³-hybridized carbons (Fsp3) is 0.348. The predicted molar refractivity (Wildman–Crippen MR) is 124 cm³/mol. The zero-order valence-electron chi connectivity index (χ0n) is 17.7. The first-order valence-corrected chi connectivity index (χ1v) is 12.0. The van der Waals surface area contributed by atoms with Crippen LogP contribution >= 0.6 is 22.7 Å². The normalized spacial score (nSPS) is 17.2. The van der Waals surface area contributed by atoms with E-state index >= 15 is 0 Å². The van der Waals surface area contributed by atoms with Crippen LogP contribution in [0.1, 0.15) is 22.6 Å². The average molecular weight is 475 g/mol. The summed E-state index contributed by atoms with van der Waals surface area (Å²) in [5.74, 6) is -1.09. The predicted octanol–water partition coefficient (Wildman–Crippen LogP) is 3.15. The topological polar surface area (TPSA) is 105 Å². The molecule has 32 heavy (non-hydrogen) atoms. The molecule has 2 heterocycles. The van der Waals surface area contributed by atoms with Crippen molar-refractivity contribution >= 4 is 40.5 Å². The van der Waals surface area contributed by atoms with Gasteiger partial charge >= 0.3 is 5.97 Å². The van der Waals surface area contributed by atoms with Gasteiger partial charge in [0.05, 0.1) is 13.5 Å². The van der Waals surface area contributed by atoms with Crippen LogP contribution in [-0.4, -0.2) is 42.1 Å². The van der Waals surface area contributed by atoms with Crippen molar-refractivity contribution in [1.29, 1.82) is 0 Å². The number of rotatable bonds is 10. The van der Waals surface area contributed by atoms with Gasteiger partial charge < -0.3 is 20.5 Å². The summed E-state index contributed by atoms with van der Waals surface area (Å²) in [6.45, 7) is 0. The highest BCUT2D eigenvalue weighted by molar-refractivity contribution is 7.10. The second kappa shape index (κ2) is 11.6. The quantitative estimate of drug-likeness (QED) is 0.459. The molecule has 9 heteroatoms. The number of amides is 2. The molecule has 3 N–H and O–H groups in total. The number of aliphatic hydroxyl groups excluding tert-OH is 1. The van der Waals surface area contributed by atoms with Crippen molar-refractivity contribution in [2.45, 2.75) is 37.8 Å². The Morgan fingerprint density at radius 3 is 2.44 bits per heavy atom. The van der Waals surface area contributed by atoms with Gasteiger partial charge in [-0.15, -0.1) is 22.7 Å². The summed E-state index contributed by atoms with van der Waals surface area (Å²) in [5, 5.41) is 18.9. The highest BCUT2D eigenvalue weighted by atomic mass is 32.1. The number of carbonyl (C=O) groups excluding carboxylic acids is 3. The second-order valence-corrected chi connectivity index (χ2v) is 9.53. The third kappa shape index (κ3) is 7.06. The van der Waals surface area contributed by atoms with E-state index in [1.807, 2.05) is 41.1 Å². The molecule has 2 amide bonds. The first-order chi connectivity index (χ1) is 15.4. The smallest absolute Gasteiger partial charge is 0.328 e. The molecule has 1 unspecified atom stereocenters. The highest BCUT2D eigenvalue weighted by Gasteiger charge is 2.29. The van der Waals surface area contributed by atoms with Crippen LogP contribution in [0.5, 0.6) is 0 Å². The molecule has 1 aliphatic carbocycles. The Balaban J connectivity index is 1.68. The van der Waals surface area contributed by atoms with Crippen LogP contribution in [-0.2, 0) is 32.0 Å². The summed E-state index contributed by atoms with van der Waals surface area (Å²) in [6, 6.07) is 5.85.